The van der Waals surface area contributed by atoms with E-state index in [2.05, 4.69) is 19.2 Å². The van der Waals surface area contributed by atoms with Crippen LogP contribution in [0.5, 0.6) is 11.5 Å². The average molecular weight is 259 g/mol. The second-order valence-electron chi connectivity index (χ2n) is 4.40. The molecule has 19 heavy (non-hydrogen) atoms. The molecular formula is C16H18FNO. The number of benzene rings is 2. The molecule has 2 aromatic rings. The van der Waals surface area contributed by atoms with Gasteiger partial charge in [0, 0.05) is 6.04 Å². The van der Waals surface area contributed by atoms with Gasteiger partial charge in [0.25, 0.3) is 0 Å². The minimum atomic E-state index is -0.262. The first-order chi connectivity index (χ1) is 9.19. The lowest BCUT2D eigenvalue weighted by Crippen LogP contribution is -2.17. The summed E-state index contributed by atoms with van der Waals surface area (Å²) in [5.74, 6) is 1.12. The zero-order valence-electron chi connectivity index (χ0n) is 11.2. The zero-order valence-corrected chi connectivity index (χ0v) is 11.2. The third-order valence-corrected chi connectivity index (χ3v) is 2.94. The van der Waals surface area contributed by atoms with Crippen LogP contribution in [-0.2, 0) is 0 Å². The summed E-state index contributed by atoms with van der Waals surface area (Å²) >= 11 is 0. The van der Waals surface area contributed by atoms with Crippen molar-refractivity contribution >= 4 is 0 Å². The largest absolute Gasteiger partial charge is 0.457 e. The van der Waals surface area contributed by atoms with Crippen LogP contribution in [0.3, 0.4) is 0 Å². The maximum Gasteiger partial charge on any atom is 0.127 e. The highest BCUT2D eigenvalue weighted by molar-refractivity contribution is 5.33. The van der Waals surface area contributed by atoms with Gasteiger partial charge in [0.1, 0.15) is 17.3 Å². The third-order valence-electron chi connectivity index (χ3n) is 2.94. The molecule has 0 fully saturated rings. The van der Waals surface area contributed by atoms with Crippen molar-refractivity contribution in [3.05, 3.63) is 59.9 Å². The monoisotopic (exact) mass is 259 g/mol. The smallest absolute Gasteiger partial charge is 0.127 e. The van der Waals surface area contributed by atoms with Gasteiger partial charge >= 0.3 is 0 Å². The van der Waals surface area contributed by atoms with Crippen LogP contribution >= 0.6 is 0 Å². The molecule has 0 saturated carbocycles. The van der Waals surface area contributed by atoms with E-state index in [0.29, 0.717) is 11.8 Å². The van der Waals surface area contributed by atoms with E-state index in [4.69, 9.17) is 4.74 Å². The second kappa shape index (κ2) is 6.34. The summed E-state index contributed by atoms with van der Waals surface area (Å²) in [4.78, 5) is 0. The summed E-state index contributed by atoms with van der Waals surface area (Å²) in [5, 5.41) is 3.35. The summed E-state index contributed by atoms with van der Waals surface area (Å²) in [5.41, 5.74) is 1.22. The van der Waals surface area contributed by atoms with E-state index >= 15 is 0 Å². The number of ether oxygens (including phenoxy) is 1. The molecule has 1 unspecified atom stereocenters. The fourth-order valence-electron chi connectivity index (χ4n) is 1.89. The van der Waals surface area contributed by atoms with Crippen molar-refractivity contribution < 1.29 is 9.13 Å². The van der Waals surface area contributed by atoms with Crippen molar-refractivity contribution in [2.45, 2.75) is 19.9 Å². The van der Waals surface area contributed by atoms with Crippen molar-refractivity contribution in [3.8, 4) is 11.5 Å². The molecule has 2 nitrogen and oxygen atoms in total. The lowest BCUT2D eigenvalue weighted by molar-refractivity contribution is 0.480. The number of hydrogen-bond acceptors (Lipinski definition) is 2. The predicted molar refractivity (Wildman–Crippen MR) is 75.0 cm³/mol. The quantitative estimate of drug-likeness (QED) is 0.865. The molecule has 0 aliphatic heterocycles. The van der Waals surface area contributed by atoms with Gasteiger partial charge < -0.3 is 10.1 Å². The van der Waals surface area contributed by atoms with E-state index in [0.717, 1.165) is 12.3 Å². The van der Waals surface area contributed by atoms with Crippen LogP contribution in [0.2, 0.25) is 0 Å². The Hall–Kier alpha value is -1.87. The Bertz CT molecular complexity index is 507. The zero-order chi connectivity index (χ0) is 13.7. The first kappa shape index (κ1) is 13.6. The predicted octanol–water partition coefficient (Wildman–Crippen LogP) is 4.29. The summed E-state index contributed by atoms with van der Waals surface area (Å²) in [7, 11) is 0. The summed E-state index contributed by atoms with van der Waals surface area (Å²) in [6.45, 7) is 5.15. The highest BCUT2D eigenvalue weighted by atomic mass is 19.1. The molecule has 0 bridgehead atoms. The molecule has 2 rings (SSSR count). The minimum absolute atomic E-state index is 0.262. The van der Waals surface area contributed by atoms with E-state index in [9.17, 15) is 4.39 Å². The number of rotatable bonds is 5. The van der Waals surface area contributed by atoms with E-state index in [1.807, 2.05) is 24.3 Å². The van der Waals surface area contributed by atoms with Crippen LogP contribution in [0.25, 0.3) is 0 Å². The fourth-order valence-corrected chi connectivity index (χ4v) is 1.89. The summed E-state index contributed by atoms with van der Waals surface area (Å²) in [6.07, 6.45) is 0. The normalized spacial score (nSPS) is 12.2. The van der Waals surface area contributed by atoms with Gasteiger partial charge in [0.2, 0.25) is 0 Å². The number of halogens is 1. The average Bonchev–Trinajstić information content (AvgIpc) is 2.42. The van der Waals surface area contributed by atoms with Crippen LogP contribution in [-0.4, -0.2) is 6.54 Å². The Kier molecular flexibility index (Phi) is 4.53. The maximum atomic E-state index is 12.8. The highest BCUT2D eigenvalue weighted by Crippen LogP contribution is 2.23. The molecule has 0 radical (unpaired) electrons. The Labute approximate surface area is 113 Å². The minimum Gasteiger partial charge on any atom is -0.457 e. The Balaban J connectivity index is 2.04. The van der Waals surface area contributed by atoms with Gasteiger partial charge in [-0.3, -0.25) is 0 Å². The molecule has 0 aromatic heterocycles. The van der Waals surface area contributed by atoms with E-state index in [-0.39, 0.29) is 5.82 Å². The lowest BCUT2D eigenvalue weighted by atomic mass is 10.1. The van der Waals surface area contributed by atoms with Gasteiger partial charge in [0.15, 0.2) is 0 Å². The van der Waals surface area contributed by atoms with Crippen LogP contribution in [0.4, 0.5) is 4.39 Å². The van der Waals surface area contributed by atoms with Crippen LogP contribution in [0, 0.1) is 5.82 Å². The summed E-state index contributed by atoms with van der Waals surface area (Å²) < 4.78 is 18.4. The van der Waals surface area contributed by atoms with Crippen molar-refractivity contribution in [1.82, 2.24) is 5.32 Å². The fraction of sp³-hybridized carbons (Fsp3) is 0.250. The molecule has 1 N–H and O–H groups in total. The SMILES string of the molecule is CCNC(C)c1ccc(Oc2ccc(F)cc2)cc1. The van der Waals surface area contributed by atoms with Gasteiger partial charge in [-0.25, -0.2) is 4.39 Å². The molecule has 1 atom stereocenters. The molecular weight excluding hydrogens is 241 g/mol. The van der Waals surface area contributed by atoms with Gasteiger partial charge in [-0.15, -0.1) is 0 Å². The standard InChI is InChI=1S/C16H18FNO/c1-3-18-12(2)13-4-8-15(9-5-13)19-16-10-6-14(17)7-11-16/h4-12,18H,3H2,1-2H3. The Morgan fingerprint density at radius 3 is 2.05 bits per heavy atom. The molecule has 0 aliphatic carbocycles. The Morgan fingerprint density at radius 1 is 1.00 bits per heavy atom. The van der Waals surface area contributed by atoms with E-state index in [1.54, 1.807) is 12.1 Å². The summed E-state index contributed by atoms with van der Waals surface area (Å²) in [6, 6.07) is 14.2. The van der Waals surface area contributed by atoms with E-state index in [1.165, 1.54) is 17.7 Å². The second-order valence-corrected chi connectivity index (χ2v) is 4.40. The molecule has 2 aromatic carbocycles. The third kappa shape index (κ3) is 3.80. The molecule has 0 saturated heterocycles. The highest BCUT2D eigenvalue weighted by Gasteiger charge is 2.04. The van der Waals surface area contributed by atoms with Crippen molar-refractivity contribution in [3.63, 3.8) is 0 Å². The molecule has 0 amide bonds. The maximum absolute atomic E-state index is 12.8. The first-order valence-corrected chi connectivity index (χ1v) is 6.46. The van der Waals surface area contributed by atoms with E-state index < -0.39 is 0 Å². The van der Waals surface area contributed by atoms with Crippen LogP contribution in [0.1, 0.15) is 25.5 Å². The van der Waals surface area contributed by atoms with Gasteiger partial charge in [0.05, 0.1) is 0 Å². The van der Waals surface area contributed by atoms with Crippen molar-refractivity contribution in [2.75, 3.05) is 6.54 Å². The molecule has 3 heteroatoms. The van der Waals surface area contributed by atoms with Crippen LogP contribution < -0.4 is 10.1 Å². The Morgan fingerprint density at radius 2 is 1.53 bits per heavy atom. The number of hydrogen-bond donors (Lipinski definition) is 1. The van der Waals surface area contributed by atoms with Gasteiger partial charge in [-0.2, -0.15) is 0 Å². The van der Waals surface area contributed by atoms with Crippen molar-refractivity contribution in [2.24, 2.45) is 0 Å². The molecule has 100 valence electrons. The van der Waals surface area contributed by atoms with Gasteiger partial charge in [-0.1, -0.05) is 19.1 Å². The number of nitrogens with one attached hydrogen (secondary N) is 1. The van der Waals surface area contributed by atoms with Gasteiger partial charge in [-0.05, 0) is 55.4 Å². The molecule has 0 heterocycles. The van der Waals surface area contributed by atoms with Crippen LogP contribution in [0.15, 0.2) is 48.5 Å². The molecule has 0 spiro atoms. The van der Waals surface area contributed by atoms with Crippen molar-refractivity contribution in [1.29, 1.82) is 0 Å². The topological polar surface area (TPSA) is 21.3 Å². The molecule has 0 aliphatic rings. The lowest BCUT2D eigenvalue weighted by Gasteiger charge is -2.13. The first-order valence-electron chi connectivity index (χ1n) is 6.46.